The Morgan fingerprint density at radius 2 is 1.72 bits per heavy atom. The minimum Gasteiger partial charge on any atom is -0.344 e. The molecular weight excluding hydrogens is 343 g/mol. The van der Waals surface area contributed by atoms with Crippen molar-refractivity contribution in [2.75, 3.05) is 11.9 Å². The van der Waals surface area contributed by atoms with E-state index in [0.29, 0.717) is 0 Å². The summed E-state index contributed by atoms with van der Waals surface area (Å²) >= 11 is 2.27. The highest BCUT2D eigenvalue weighted by molar-refractivity contribution is 14.1. The highest BCUT2D eigenvalue weighted by Gasteiger charge is 2.09. The first kappa shape index (κ1) is 12.8. The maximum Gasteiger partial charge on any atom is 0.269 e. The normalized spacial score (nSPS) is 10.1. The van der Waals surface area contributed by atoms with Crippen molar-refractivity contribution in [3.05, 3.63) is 62.2 Å². The predicted molar refractivity (Wildman–Crippen MR) is 80.3 cm³/mol. The summed E-state index contributed by atoms with van der Waals surface area (Å²) in [5.74, 6) is 0. The molecule has 2 aromatic rings. The average molecular weight is 354 g/mol. The summed E-state index contributed by atoms with van der Waals surface area (Å²) in [4.78, 5) is 12.2. The van der Waals surface area contributed by atoms with Crippen molar-refractivity contribution in [2.24, 2.45) is 0 Å². The van der Waals surface area contributed by atoms with Crippen LogP contribution in [0.5, 0.6) is 0 Å². The van der Waals surface area contributed by atoms with Crippen LogP contribution in [-0.2, 0) is 0 Å². The molecule has 0 aromatic heterocycles. The second-order valence-electron chi connectivity index (χ2n) is 3.78. The second kappa shape index (κ2) is 5.34. The van der Waals surface area contributed by atoms with Crippen LogP contribution in [0.4, 0.5) is 17.1 Å². The lowest BCUT2D eigenvalue weighted by Crippen LogP contribution is -2.10. The van der Waals surface area contributed by atoms with E-state index in [1.807, 2.05) is 36.2 Å². The average Bonchev–Trinajstić information content (AvgIpc) is 2.38. The number of nitrogens with zero attached hydrogens (tertiary/aromatic N) is 2. The molecule has 0 aliphatic heterocycles. The lowest BCUT2D eigenvalue weighted by Gasteiger charge is -2.20. The Labute approximate surface area is 119 Å². The standard InChI is InChI=1S/C13H11IN2O2/c1-15(13-5-3-2-4-12(13)14)10-6-8-11(9-7-10)16(17)18/h2-9H,1H3. The van der Waals surface area contributed by atoms with Crippen molar-refractivity contribution >= 4 is 39.7 Å². The molecule has 92 valence electrons. The minimum atomic E-state index is -0.393. The number of hydrogen-bond donors (Lipinski definition) is 0. The van der Waals surface area contributed by atoms with Gasteiger partial charge in [0.2, 0.25) is 0 Å². The summed E-state index contributed by atoms with van der Waals surface area (Å²) in [6, 6.07) is 14.5. The molecule has 0 fully saturated rings. The monoisotopic (exact) mass is 354 g/mol. The lowest BCUT2D eigenvalue weighted by atomic mass is 10.2. The summed E-state index contributed by atoms with van der Waals surface area (Å²) in [5, 5.41) is 10.6. The summed E-state index contributed by atoms with van der Waals surface area (Å²) in [6.07, 6.45) is 0. The van der Waals surface area contributed by atoms with Gasteiger partial charge in [-0.15, -0.1) is 0 Å². The molecule has 0 heterocycles. The first-order valence-corrected chi connectivity index (χ1v) is 6.40. The number of rotatable bonds is 3. The molecule has 0 unspecified atom stereocenters. The Morgan fingerprint density at radius 3 is 2.28 bits per heavy atom. The zero-order valence-electron chi connectivity index (χ0n) is 9.71. The van der Waals surface area contributed by atoms with Gasteiger partial charge in [-0.25, -0.2) is 0 Å². The SMILES string of the molecule is CN(c1ccc([N+](=O)[O-])cc1)c1ccccc1I. The van der Waals surface area contributed by atoms with Crippen LogP contribution in [0.2, 0.25) is 0 Å². The fourth-order valence-electron chi connectivity index (χ4n) is 1.66. The molecule has 0 radical (unpaired) electrons. The first-order valence-electron chi connectivity index (χ1n) is 5.32. The molecule has 0 aliphatic rings. The maximum absolute atomic E-state index is 10.6. The fraction of sp³-hybridized carbons (Fsp3) is 0.0769. The number of nitro groups is 1. The van der Waals surface area contributed by atoms with E-state index >= 15 is 0 Å². The van der Waals surface area contributed by atoms with Crippen LogP contribution in [0.25, 0.3) is 0 Å². The topological polar surface area (TPSA) is 46.4 Å². The summed E-state index contributed by atoms with van der Waals surface area (Å²) in [7, 11) is 1.94. The number of halogens is 1. The summed E-state index contributed by atoms with van der Waals surface area (Å²) < 4.78 is 1.14. The number of benzene rings is 2. The molecule has 18 heavy (non-hydrogen) atoms. The molecule has 0 N–H and O–H groups in total. The molecule has 0 spiro atoms. The summed E-state index contributed by atoms with van der Waals surface area (Å²) in [6.45, 7) is 0. The molecule has 2 rings (SSSR count). The molecule has 5 heteroatoms. The van der Waals surface area contributed by atoms with Crippen molar-refractivity contribution < 1.29 is 4.92 Å². The largest absolute Gasteiger partial charge is 0.344 e. The van der Waals surface area contributed by atoms with Gasteiger partial charge in [0.15, 0.2) is 0 Å². The maximum atomic E-state index is 10.6. The number of anilines is 2. The first-order chi connectivity index (χ1) is 8.59. The van der Waals surface area contributed by atoms with Crippen LogP contribution in [0.3, 0.4) is 0 Å². The fourth-order valence-corrected chi connectivity index (χ4v) is 2.41. The highest BCUT2D eigenvalue weighted by atomic mass is 127. The third kappa shape index (κ3) is 2.61. The van der Waals surface area contributed by atoms with Gasteiger partial charge in [-0.2, -0.15) is 0 Å². The van der Waals surface area contributed by atoms with Gasteiger partial charge in [-0.05, 0) is 46.9 Å². The Hall–Kier alpha value is -1.63. The van der Waals surface area contributed by atoms with Crippen molar-refractivity contribution in [2.45, 2.75) is 0 Å². The molecule has 0 saturated heterocycles. The molecule has 0 aliphatic carbocycles. The van der Waals surface area contributed by atoms with Crippen LogP contribution in [0, 0.1) is 13.7 Å². The van der Waals surface area contributed by atoms with Crippen molar-refractivity contribution in [3.63, 3.8) is 0 Å². The van der Waals surface area contributed by atoms with Crippen LogP contribution >= 0.6 is 22.6 Å². The van der Waals surface area contributed by atoms with E-state index in [1.54, 1.807) is 12.1 Å². The van der Waals surface area contributed by atoms with E-state index in [9.17, 15) is 10.1 Å². The molecular formula is C13H11IN2O2. The van der Waals surface area contributed by atoms with Gasteiger partial charge in [-0.1, -0.05) is 12.1 Å². The van der Waals surface area contributed by atoms with Crippen LogP contribution in [0.15, 0.2) is 48.5 Å². The van der Waals surface area contributed by atoms with Crippen molar-refractivity contribution in [1.29, 1.82) is 0 Å². The third-order valence-corrected chi connectivity index (χ3v) is 3.57. The van der Waals surface area contributed by atoms with Gasteiger partial charge in [0.05, 0.1) is 10.6 Å². The van der Waals surface area contributed by atoms with Crippen LogP contribution in [0.1, 0.15) is 0 Å². The summed E-state index contributed by atoms with van der Waals surface area (Å²) in [5.41, 5.74) is 2.10. The van der Waals surface area contributed by atoms with E-state index in [0.717, 1.165) is 14.9 Å². The highest BCUT2D eigenvalue weighted by Crippen LogP contribution is 2.28. The van der Waals surface area contributed by atoms with E-state index in [4.69, 9.17) is 0 Å². The third-order valence-electron chi connectivity index (χ3n) is 2.66. The van der Waals surface area contributed by atoms with Crippen molar-refractivity contribution in [3.8, 4) is 0 Å². The smallest absolute Gasteiger partial charge is 0.269 e. The van der Waals surface area contributed by atoms with E-state index in [-0.39, 0.29) is 5.69 Å². The predicted octanol–water partition coefficient (Wildman–Crippen LogP) is 3.97. The van der Waals surface area contributed by atoms with Crippen LogP contribution < -0.4 is 4.90 Å². The zero-order valence-corrected chi connectivity index (χ0v) is 11.9. The minimum absolute atomic E-state index is 0.106. The van der Waals surface area contributed by atoms with Gasteiger partial charge < -0.3 is 4.90 Å². The van der Waals surface area contributed by atoms with E-state index in [1.165, 1.54) is 12.1 Å². The molecule has 4 nitrogen and oxygen atoms in total. The Balaban J connectivity index is 2.32. The van der Waals surface area contributed by atoms with E-state index in [2.05, 4.69) is 22.6 Å². The Kier molecular flexibility index (Phi) is 3.81. The van der Waals surface area contributed by atoms with Gasteiger partial charge in [0.1, 0.15) is 0 Å². The van der Waals surface area contributed by atoms with Crippen LogP contribution in [-0.4, -0.2) is 12.0 Å². The number of non-ortho nitro benzene ring substituents is 1. The Bertz CT molecular complexity index is 569. The molecule has 0 saturated carbocycles. The Morgan fingerprint density at radius 1 is 1.11 bits per heavy atom. The van der Waals surface area contributed by atoms with Crippen molar-refractivity contribution in [1.82, 2.24) is 0 Å². The van der Waals surface area contributed by atoms with Gasteiger partial charge in [-0.3, -0.25) is 10.1 Å². The second-order valence-corrected chi connectivity index (χ2v) is 4.95. The number of nitro benzene ring substituents is 1. The molecule has 0 amide bonds. The number of para-hydroxylation sites is 1. The van der Waals surface area contributed by atoms with Gasteiger partial charge >= 0.3 is 0 Å². The lowest BCUT2D eigenvalue weighted by molar-refractivity contribution is -0.384. The van der Waals surface area contributed by atoms with Gasteiger partial charge in [0, 0.05) is 28.4 Å². The van der Waals surface area contributed by atoms with Gasteiger partial charge in [0.25, 0.3) is 5.69 Å². The number of hydrogen-bond acceptors (Lipinski definition) is 3. The molecule has 0 bridgehead atoms. The molecule has 2 aromatic carbocycles. The van der Waals surface area contributed by atoms with E-state index < -0.39 is 4.92 Å². The molecule has 0 atom stereocenters. The zero-order chi connectivity index (χ0) is 13.1. The quantitative estimate of drug-likeness (QED) is 0.476.